The van der Waals surface area contributed by atoms with Crippen LogP contribution in [0.4, 0.5) is 15.8 Å². The molecule has 0 aromatic heterocycles. The highest BCUT2D eigenvalue weighted by atomic mass is 32.2. The van der Waals surface area contributed by atoms with Gasteiger partial charge in [-0.3, -0.25) is 9.52 Å². The number of ether oxygens (including phenoxy) is 2. The van der Waals surface area contributed by atoms with E-state index < -0.39 is 28.0 Å². The molecule has 3 aromatic rings. The average molecular weight is 442 g/mol. The number of anilines is 2. The van der Waals surface area contributed by atoms with E-state index >= 15 is 0 Å². The molecular weight excluding hydrogens is 423 g/mol. The molecule has 0 aliphatic carbocycles. The minimum atomic E-state index is -3.86. The summed E-state index contributed by atoms with van der Waals surface area (Å²) in [6.45, 7) is 1.74. The molecule has 0 fully saturated rings. The summed E-state index contributed by atoms with van der Waals surface area (Å²) in [6, 6.07) is 17.7. The minimum absolute atomic E-state index is 0.0602. The Labute approximate surface area is 178 Å². The highest BCUT2D eigenvalue weighted by Gasteiger charge is 2.34. The van der Waals surface area contributed by atoms with Crippen LogP contribution >= 0.6 is 0 Å². The van der Waals surface area contributed by atoms with E-state index in [0.29, 0.717) is 22.9 Å². The lowest BCUT2D eigenvalue weighted by Crippen LogP contribution is -2.46. The summed E-state index contributed by atoms with van der Waals surface area (Å²) >= 11 is 0. The zero-order valence-electron chi connectivity index (χ0n) is 16.4. The highest BCUT2D eigenvalue weighted by Crippen LogP contribution is 2.33. The minimum Gasteiger partial charge on any atom is -0.482 e. The van der Waals surface area contributed by atoms with Gasteiger partial charge in [-0.25, -0.2) is 12.8 Å². The van der Waals surface area contributed by atoms with Crippen LogP contribution < -0.4 is 19.5 Å². The van der Waals surface area contributed by atoms with Gasteiger partial charge in [0.1, 0.15) is 11.9 Å². The molecule has 0 spiro atoms. The Hall–Kier alpha value is -3.59. The number of hydrogen-bond acceptors (Lipinski definition) is 5. The summed E-state index contributed by atoms with van der Waals surface area (Å²) in [7, 11) is -3.86. The third-order valence-corrected chi connectivity index (χ3v) is 6.03. The maximum absolute atomic E-state index is 13.0. The zero-order chi connectivity index (χ0) is 22.0. The van der Waals surface area contributed by atoms with Crippen molar-refractivity contribution in [2.24, 2.45) is 0 Å². The molecule has 0 saturated carbocycles. The van der Waals surface area contributed by atoms with Gasteiger partial charge in [0.2, 0.25) is 6.10 Å². The van der Waals surface area contributed by atoms with Crippen LogP contribution in [0.15, 0.2) is 77.7 Å². The van der Waals surface area contributed by atoms with Crippen molar-refractivity contribution in [1.82, 2.24) is 0 Å². The van der Waals surface area contributed by atoms with E-state index in [2.05, 4.69) is 10.0 Å². The smallest absolute Gasteiger partial charge is 0.269 e. The van der Waals surface area contributed by atoms with E-state index in [-0.39, 0.29) is 10.8 Å². The van der Waals surface area contributed by atoms with Crippen LogP contribution in [0.3, 0.4) is 0 Å². The Morgan fingerprint density at radius 1 is 0.871 bits per heavy atom. The highest BCUT2D eigenvalue weighted by molar-refractivity contribution is 7.92. The second-order valence-corrected chi connectivity index (χ2v) is 8.62. The van der Waals surface area contributed by atoms with Gasteiger partial charge in [-0.15, -0.1) is 0 Å². The molecule has 3 aromatic carbocycles. The average Bonchev–Trinajstić information content (AvgIpc) is 2.74. The number of carbonyl (C=O) groups is 1. The molecular formula is C22H19FN2O5S. The lowest BCUT2D eigenvalue weighted by atomic mass is 10.1. The molecule has 2 atom stereocenters. The first-order valence-electron chi connectivity index (χ1n) is 9.43. The molecule has 1 aliphatic rings. The third-order valence-electron chi connectivity index (χ3n) is 4.63. The van der Waals surface area contributed by atoms with E-state index in [1.54, 1.807) is 37.3 Å². The predicted molar refractivity (Wildman–Crippen MR) is 113 cm³/mol. The molecule has 2 N–H and O–H groups in total. The number of nitrogens with one attached hydrogen (secondary N) is 2. The first-order chi connectivity index (χ1) is 14.8. The molecule has 1 amide bonds. The molecule has 0 unspecified atom stereocenters. The molecule has 4 rings (SSSR count). The van der Waals surface area contributed by atoms with Gasteiger partial charge in [-0.2, -0.15) is 0 Å². The van der Waals surface area contributed by atoms with Gasteiger partial charge in [-0.05, 0) is 67.6 Å². The third kappa shape index (κ3) is 4.61. The van der Waals surface area contributed by atoms with Crippen molar-refractivity contribution >= 4 is 27.3 Å². The van der Waals surface area contributed by atoms with Gasteiger partial charge in [0, 0.05) is 11.4 Å². The fourth-order valence-electron chi connectivity index (χ4n) is 3.07. The summed E-state index contributed by atoms with van der Waals surface area (Å²) in [4.78, 5) is 12.6. The summed E-state index contributed by atoms with van der Waals surface area (Å²) < 4.78 is 51.7. The quantitative estimate of drug-likeness (QED) is 0.627. The maximum atomic E-state index is 13.0. The Bertz CT molecular complexity index is 1200. The Kier molecular flexibility index (Phi) is 5.51. The van der Waals surface area contributed by atoms with E-state index in [9.17, 15) is 17.6 Å². The second kappa shape index (κ2) is 8.27. The molecule has 1 heterocycles. The molecule has 1 aliphatic heterocycles. The van der Waals surface area contributed by atoms with Crippen LogP contribution in [-0.2, 0) is 14.8 Å². The molecule has 7 nitrogen and oxygen atoms in total. The normalized spacial score (nSPS) is 17.6. The number of hydrogen-bond donors (Lipinski definition) is 2. The van der Waals surface area contributed by atoms with Gasteiger partial charge >= 0.3 is 0 Å². The molecule has 160 valence electrons. The monoisotopic (exact) mass is 442 g/mol. The number of para-hydroxylation sites is 2. The first kappa shape index (κ1) is 20.7. The van der Waals surface area contributed by atoms with Gasteiger partial charge in [0.15, 0.2) is 11.5 Å². The lowest BCUT2D eigenvalue weighted by molar-refractivity contribution is -0.128. The van der Waals surface area contributed by atoms with Crippen molar-refractivity contribution in [2.75, 3.05) is 10.0 Å². The molecule has 0 bridgehead atoms. The molecule has 0 radical (unpaired) electrons. The number of halogens is 1. The number of sulfonamides is 1. The summed E-state index contributed by atoms with van der Waals surface area (Å²) in [5.41, 5.74) is 0.756. The molecule has 31 heavy (non-hydrogen) atoms. The van der Waals surface area contributed by atoms with Crippen molar-refractivity contribution in [3.05, 3.63) is 78.6 Å². The topological polar surface area (TPSA) is 93.7 Å². The standard InChI is InChI=1S/C22H19FN2O5S/c1-14-21(30-20-5-3-2-4-19(20)29-14)22(26)24-16-8-10-17(11-9-16)25-31(27,28)18-12-6-15(23)7-13-18/h2-14,21,25H,1H3,(H,24,26)/t14-,21+/m0/s1. The van der Waals surface area contributed by atoms with Crippen LogP contribution in [0.2, 0.25) is 0 Å². The van der Waals surface area contributed by atoms with Crippen LogP contribution in [-0.4, -0.2) is 26.5 Å². The SMILES string of the molecule is C[C@@H]1Oc2ccccc2O[C@H]1C(=O)Nc1ccc(NS(=O)(=O)c2ccc(F)cc2)cc1. The van der Waals surface area contributed by atoms with E-state index in [4.69, 9.17) is 9.47 Å². The maximum Gasteiger partial charge on any atom is 0.269 e. The van der Waals surface area contributed by atoms with Gasteiger partial charge in [0.25, 0.3) is 15.9 Å². The van der Waals surface area contributed by atoms with Gasteiger partial charge in [-0.1, -0.05) is 12.1 Å². The summed E-state index contributed by atoms with van der Waals surface area (Å²) in [5.74, 6) is 0.161. The second-order valence-electron chi connectivity index (χ2n) is 6.93. The predicted octanol–water partition coefficient (Wildman–Crippen LogP) is 3.79. The van der Waals surface area contributed by atoms with Crippen LogP contribution in [0.1, 0.15) is 6.92 Å². The largest absolute Gasteiger partial charge is 0.482 e. The summed E-state index contributed by atoms with van der Waals surface area (Å²) in [6.07, 6.45) is -1.33. The number of fused-ring (bicyclic) bond motifs is 1. The van der Waals surface area contributed by atoms with Crippen molar-refractivity contribution in [3.63, 3.8) is 0 Å². The van der Waals surface area contributed by atoms with E-state index in [1.807, 2.05) is 6.07 Å². The van der Waals surface area contributed by atoms with Crippen molar-refractivity contribution < 1.29 is 27.1 Å². The number of rotatable bonds is 5. The first-order valence-corrected chi connectivity index (χ1v) is 10.9. The Balaban J connectivity index is 1.42. The van der Waals surface area contributed by atoms with E-state index in [1.165, 1.54) is 24.3 Å². The fourth-order valence-corrected chi connectivity index (χ4v) is 4.13. The molecule has 0 saturated heterocycles. The zero-order valence-corrected chi connectivity index (χ0v) is 17.2. The Morgan fingerprint density at radius 3 is 2.10 bits per heavy atom. The van der Waals surface area contributed by atoms with Crippen molar-refractivity contribution in [3.8, 4) is 11.5 Å². The van der Waals surface area contributed by atoms with Crippen LogP contribution in [0.5, 0.6) is 11.5 Å². The Morgan fingerprint density at radius 2 is 1.45 bits per heavy atom. The van der Waals surface area contributed by atoms with Gasteiger partial charge < -0.3 is 14.8 Å². The number of benzene rings is 3. The molecule has 9 heteroatoms. The number of amides is 1. The van der Waals surface area contributed by atoms with Crippen molar-refractivity contribution in [2.45, 2.75) is 24.0 Å². The van der Waals surface area contributed by atoms with Crippen LogP contribution in [0, 0.1) is 5.82 Å². The van der Waals surface area contributed by atoms with Gasteiger partial charge in [0.05, 0.1) is 4.90 Å². The van der Waals surface area contributed by atoms with E-state index in [0.717, 1.165) is 12.1 Å². The fraction of sp³-hybridized carbons (Fsp3) is 0.136. The number of carbonyl (C=O) groups excluding carboxylic acids is 1. The van der Waals surface area contributed by atoms with Crippen LogP contribution in [0.25, 0.3) is 0 Å². The summed E-state index contributed by atoms with van der Waals surface area (Å²) in [5, 5.41) is 2.74. The lowest BCUT2D eigenvalue weighted by Gasteiger charge is -2.31. The van der Waals surface area contributed by atoms with Crippen molar-refractivity contribution in [1.29, 1.82) is 0 Å².